The average Bonchev–Trinajstić information content (AvgIpc) is 2.33. The minimum absolute atomic E-state index is 0.753. The molecule has 0 amide bonds. The molecule has 3 heteroatoms. The molecule has 1 rings (SSSR count). The molecule has 0 spiro atoms. The Kier molecular flexibility index (Phi) is 5.19. The fraction of sp³-hybridized carbons (Fsp3) is 1.00. The predicted octanol–water partition coefficient (Wildman–Crippen LogP) is 1.74. The molecule has 0 aliphatic carbocycles. The molecule has 0 aromatic rings. The molecule has 72 valence electrons. The van der Waals surface area contributed by atoms with Gasteiger partial charge >= 0.3 is 0 Å². The molecule has 0 radical (unpaired) electrons. The van der Waals surface area contributed by atoms with Crippen molar-refractivity contribution < 1.29 is 4.74 Å². The summed E-state index contributed by atoms with van der Waals surface area (Å²) in [7, 11) is 0. The van der Waals surface area contributed by atoms with Gasteiger partial charge in [0, 0.05) is 31.6 Å². The number of ether oxygens (including phenoxy) is 1. The molecule has 1 saturated heterocycles. The Balaban J connectivity index is 2.20. The zero-order valence-corrected chi connectivity index (χ0v) is 9.35. The number of alkyl halides is 1. The van der Waals surface area contributed by atoms with Crippen LogP contribution in [0.25, 0.3) is 0 Å². The summed E-state index contributed by atoms with van der Waals surface area (Å²) in [6, 6.07) is 0. The van der Waals surface area contributed by atoms with E-state index in [2.05, 4.69) is 27.8 Å². The van der Waals surface area contributed by atoms with Gasteiger partial charge < -0.3 is 9.64 Å². The molecule has 1 fully saturated rings. The van der Waals surface area contributed by atoms with Crippen molar-refractivity contribution in [2.24, 2.45) is 5.92 Å². The standard InChI is InChI=1S/C9H18BrNO/c1-9(7-10)8-11-3-2-5-12-6-4-11/h9H,2-8H2,1H3. The highest BCUT2D eigenvalue weighted by molar-refractivity contribution is 9.09. The quantitative estimate of drug-likeness (QED) is 0.692. The first-order chi connectivity index (χ1) is 5.83. The van der Waals surface area contributed by atoms with Crippen LogP contribution in [0.15, 0.2) is 0 Å². The Morgan fingerprint density at radius 3 is 3.00 bits per heavy atom. The lowest BCUT2D eigenvalue weighted by molar-refractivity contribution is 0.139. The first kappa shape index (κ1) is 10.5. The molecule has 12 heavy (non-hydrogen) atoms. The maximum Gasteiger partial charge on any atom is 0.0593 e. The molecule has 0 aromatic carbocycles. The molecule has 2 nitrogen and oxygen atoms in total. The van der Waals surface area contributed by atoms with Gasteiger partial charge in [0.25, 0.3) is 0 Å². The first-order valence-corrected chi connectivity index (χ1v) is 5.81. The lowest BCUT2D eigenvalue weighted by Gasteiger charge is -2.21. The van der Waals surface area contributed by atoms with Gasteiger partial charge in [-0.3, -0.25) is 0 Å². The van der Waals surface area contributed by atoms with Crippen LogP contribution in [-0.2, 0) is 4.74 Å². The topological polar surface area (TPSA) is 12.5 Å². The Morgan fingerprint density at radius 1 is 1.42 bits per heavy atom. The van der Waals surface area contributed by atoms with E-state index >= 15 is 0 Å². The van der Waals surface area contributed by atoms with Gasteiger partial charge in [0.1, 0.15) is 0 Å². The van der Waals surface area contributed by atoms with Gasteiger partial charge in [-0.25, -0.2) is 0 Å². The SMILES string of the molecule is CC(CBr)CN1CCCOCC1. The summed E-state index contributed by atoms with van der Waals surface area (Å²) in [5.41, 5.74) is 0. The molecule has 0 N–H and O–H groups in total. The molecule has 0 aromatic heterocycles. The summed E-state index contributed by atoms with van der Waals surface area (Å²) in [6.45, 7) is 7.65. The smallest absolute Gasteiger partial charge is 0.0593 e. The van der Waals surface area contributed by atoms with E-state index in [1.807, 2.05) is 0 Å². The van der Waals surface area contributed by atoms with Crippen molar-refractivity contribution in [1.82, 2.24) is 4.90 Å². The van der Waals surface area contributed by atoms with E-state index in [1.54, 1.807) is 0 Å². The van der Waals surface area contributed by atoms with E-state index in [1.165, 1.54) is 19.5 Å². The van der Waals surface area contributed by atoms with Crippen LogP contribution in [0.5, 0.6) is 0 Å². The van der Waals surface area contributed by atoms with Gasteiger partial charge in [-0.05, 0) is 12.3 Å². The number of halogens is 1. The van der Waals surface area contributed by atoms with Gasteiger partial charge in [0.05, 0.1) is 6.61 Å². The normalized spacial score (nSPS) is 23.5. The lowest BCUT2D eigenvalue weighted by atomic mass is 10.2. The van der Waals surface area contributed by atoms with E-state index in [-0.39, 0.29) is 0 Å². The fourth-order valence-corrected chi connectivity index (χ4v) is 1.67. The number of nitrogens with zero attached hydrogens (tertiary/aromatic N) is 1. The van der Waals surface area contributed by atoms with E-state index in [9.17, 15) is 0 Å². The van der Waals surface area contributed by atoms with Crippen molar-refractivity contribution in [3.63, 3.8) is 0 Å². The summed E-state index contributed by atoms with van der Waals surface area (Å²) in [6.07, 6.45) is 1.19. The van der Waals surface area contributed by atoms with Crippen molar-refractivity contribution in [1.29, 1.82) is 0 Å². The van der Waals surface area contributed by atoms with E-state index in [0.717, 1.165) is 31.0 Å². The first-order valence-electron chi connectivity index (χ1n) is 4.69. The van der Waals surface area contributed by atoms with Crippen molar-refractivity contribution in [2.45, 2.75) is 13.3 Å². The summed E-state index contributed by atoms with van der Waals surface area (Å²) >= 11 is 3.50. The third kappa shape index (κ3) is 3.87. The number of hydrogen-bond acceptors (Lipinski definition) is 2. The van der Waals surface area contributed by atoms with Gasteiger partial charge in [0.2, 0.25) is 0 Å². The second kappa shape index (κ2) is 5.95. The molecule has 1 unspecified atom stereocenters. The summed E-state index contributed by atoms with van der Waals surface area (Å²) in [5.74, 6) is 0.753. The molecule has 1 aliphatic rings. The molecular weight excluding hydrogens is 218 g/mol. The van der Waals surface area contributed by atoms with Crippen molar-refractivity contribution in [3.05, 3.63) is 0 Å². The zero-order chi connectivity index (χ0) is 8.81. The highest BCUT2D eigenvalue weighted by Gasteiger charge is 2.11. The second-order valence-corrected chi connectivity index (χ2v) is 4.17. The Bertz CT molecular complexity index is 113. The van der Waals surface area contributed by atoms with Crippen LogP contribution in [0.2, 0.25) is 0 Å². The molecular formula is C9H18BrNO. The van der Waals surface area contributed by atoms with E-state index < -0.39 is 0 Å². The van der Waals surface area contributed by atoms with Gasteiger partial charge in [0.15, 0.2) is 0 Å². The monoisotopic (exact) mass is 235 g/mol. The fourth-order valence-electron chi connectivity index (χ4n) is 1.47. The largest absolute Gasteiger partial charge is 0.380 e. The van der Waals surface area contributed by atoms with Crippen LogP contribution in [0.3, 0.4) is 0 Å². The van der Waals surface area contributed by atoms with Crippen molar-refractivity contribution >= 4 is 15.9 Å². The highest BCUT2D eigenvalue weighted by atomic mass is 79.9. The Morgan fingerprint density at radius 2 is 2.25 bits per heavy atom. The van der Waals surface area contributed by atoms with E-state index in [0.29, 0.717) is 0 Å². The van der Waals surface area contributed by atoms with Crippen LogP contribution in [0.4, 0.5) is 0 Å². The molecule has 0 bridgehead atoms. The van der Waals surface area contributed by atoms with Gasteiger partial charge in [-0.2, -0.15) is 0 Å². The van der Waals surface area contributed by atoms with Gasteiger partial charge in [-0.1, -0.05) is 22.9 Å². The maximum absolute atomic E-state index is 5.39. The summed E-state index contributed by atoms with van der Waals surface area (Å²) < 4.78 is 5.39. The Hall–Kier alpha value is 0.400. The third-order valence-electron chi connectivity index (χ3n) is 2.15. The van der Waals surface area contributed by atoms with Crippen molar-refractivity contribution in [2.75, 3.05) is 38.2 Å². The highest BCUT2D eigenvalue weighted by Crippen LogP contribution is 2.06. The summed E-state index contributed by atoms with van der Waals surface area (Å²) in [4.78, 5) is 2.50. The molecule has 1 heterocycles. The Labute approximate surface area is 83.4 Å². The van der Waals surface area contributed by atoms with Crippen LogP contribution >= 0.6 is 15.9 Å². The van der Waals surface area contributed by atoms with Crippen LogP contribution in [0, 0.1) is 5.92 Å². The van der Waals surface area contributed by atoms with Crippen LogP contribution < -0.4 is 0 Å². The number of hydrogen-bond donors (Lipinski definition) is 0. The van der Waals surface area contributed by atoms with E-state index in [4.69, 9.17) is 4.74 Å². The lowest BCUT2D eigenvalue weighted by Crippen LogP contribution is -2.31. The molecule has 1 aliphatic heterocycles. The minimum atomic E-state index is 0.753. The average molecular weight is 236 g/mol. The van der Waals surface area contributed by atoms with Gasteiger partial charge in [-0.15, -0.1) is 0 Å². The maximum atomic E-state index is 5.39. The minimum Gasteiger partial charge on any atom is -0.380 e. The zero-order valence-electron chi connectivity index (χ0n) is 7.76. The van der Waals surface area contributed by atoms with Crippen molar-refractivity contribution in [3.8, 4) is 0 Å². The second-order valence-electron chi connectivity index (χ2n) is 3.53. The molecule has 1 atom stereocenters. The predicted molar refractivity (Wildman–Crippen MR) is 54.8 cm³/mol. The van der Waals surface area contributed by atoms with Crippen LogP contribution in [-0.4, -0.2) is 43.1 Å². The molecule has 0 saturated carbocycles. The van der Waals surface area contributed by atoms with Crippen LogP contribution in [0.1, 0.15) is 13.3 Å². The summed E-state index contributed by atoms with van der Waals surface area (Å²) in [5, 5.41) is 1.10. The third-order valence-corrected chi connectivity index (χ3v) is 3.25. The number of rotatable bonds is 3.